The van der Waals surface area contributed by atoms with Gasteiger partial charge in [-0.25, -0.2) is 0 Å². The van der Waals surface area contributed by atoms with Crippen LogP contribution < -0.4 is 5.32 Å². The van der Waals surface area contributed by atoms with Crippen LogP contribution in [-0.4, -0.2) is 30.9 Å². The predicted molar refractivity (Wildman–Crippen MR) is 97.8 cm³/mol. The van der Waals surface area contributed by atoms with Crippen molar-refractivity contribution in [3.05, 3.63) is 71.3 Å². The Kier molecular flexibility index (Phi) is 5.31. The molecule has 0 spiro atoms. The van der Waals surface area contributed by atoms with Gasteiger partial charge in [0.2, 0.25) is 5.91 Å². The molecule has 0 aliphatic carbocycles. The summed E-state index contributed by atoms with van der Waals surface area (Å²) < 4.78 is 0. The molecule has 0 bridgehead atoms. The number of likely N-dealkylation sites (tertiary alicyclic amines) is 1. The van der Waals surface area contributed by atoms with E-state index < -0.39 is 0 Å². The number of hydrogen-bond donors (Lipinski definition) is 1. The van der Waals surface area contributed by atoms with E-state index in [9.17, 15) is 4.79 Å². The zero-order chi connectivity index (χ0) is 16.9. The van der Waals surface area contributed by atoms with Gasteiger partial charge in [-0.15, -0.1) is 0 Å². The molecule has 0 aromatic heterocycles. The molecule has 1 aliphatic heterocycles. The van der Waals surface area contributed by atoms with Gasteiger partial charge >= 0.3 is 0 Å². The van der Waals surface area contributed by atoms with Crippen molar-refractivity contribution in [2.75, 3.05) is 20.1 Å². The van der Waals surface area contributed by atoms with Crippen LogP contribution in [0.5, 0.6) is 0 Å². The standard InChI is InChI=1S/C21H26N2O/c1-16-9-6-7-13-19(16)20(17-10-4-3-5-11-17)22-21(24)18-12-8-14-23(2)15-18/h3-7,9-11,13,18,20H,8,12,14-15H2,1-2H3,(H,22,24)/t18-,20-/m0/s1. The molecule has 0 radical (unpaired) electrons. The van der Waals surface area contributed by atoms with Crippen molar-refractivity contribution < 1.29 is 4.79 Å². The molecule has 3 rings (SSSR count). The lowest BCUT2D eigenvalue weighted by molar-refractivity contribution is -0.127. The average molecular weight is 322 g/mol. The van der Waals surface area contributed by atoms with E-state index in [1.165, 1.54) is 11.1 Å². The molecule has 0 unspecified atom stereocenters. The monoisotopic (exact) mass is 322 g/mol. The highest BCUT2D eigenvalue weighted by Gasteiger charge is 2.27. The molecular weight excluding hydrogens is 296 g/mol. The Morgan fingerprint density at radius 3 is 2.54 bits per heavy atom. The van der Waals surface area contributed by atoms with E-state index in [1.54, 1.807) is 0 Å². The molecular formula is C21H26N2O. The van der Waals surface area contributed by atoms with E-state index in [2.05, 4.69) is 48.5 Å². The van der Waals surface area contributed by atoms with Crippen molar-refractivity contribution in [1.29, 1.82) is 0 Å². The van der Waals surface area contributed by atoms with Crippen molar-refractivity contribution in [3.63, 3.8) is 0 Å². The molecule has 3 heteroatoms. The van der Waals surface area contributed by atoms with E-state index in [-0.39, 0.29) is 17.9 Å². The second kappa shape index (κ2) is 7.63. The lowest BCUT2D eigenvalue weighted by atomic mass is 9.92. The van der Waals surface area contributed by atoms with E-state index in [0.717, 1.165) is 31.5 Å². The number of aryl methyl sites for hydroxylation is 1. The number of carbonyl (C=O) groups is 1. The quantitative estimate of drug-likeness (QED) is 0.934. The maximum Gasteiger partial charge on any atom is 0.225 e. The first-order valence-corrected chi connectivity index (χ1v) is 8.74. The summed E-state index contributed by atoms with van der Waals surface area (Å²) in [6.45, 7) is 4.04. The summed E-state index contributed by atoms with van der Waals surface area (Å²) in [5.41, 5.74) is 3.50. The van der Waals surface area contributed by atoms with Gasteiger partial charge in [0.15, 0.2) is 0 Å². The van der Waals surface area contributed by atoms with Gasteiger partial charge in [-0.1, -0.05) is 54.6 Å². The third-order valence-electron chi connectivity index (χ3n) is 4.91. The molecule has 1 heterocycles. The van der Waals surface area contributed by atoms with Gasteiger partial charge in [-0.2, -0.15) is 0 Å². The molecule has 126 valence electrons. The second-order valence-corrected chi connectivity index (χ2v) is 6.81. The Morgan fingerprint density at radius 1 is 1.12 bits per heavy atom. The van der Waals surface area contributed by atoms with Crippen LogP contribution in [0.3, 0.4) is 0 Å². The summed E-state index contributed by atoms with van der Waals surface area (Å²) in [5, 5.41) is 3.32. The van der Waals surface area contributed by atoms with Gasteiger partial charge in [0.25, 0.3) is 0 Å². The van der Waals surface area contributed by atoms with Gasteiger partial charge in [0, 0.05) is 6.54 Å². The van der Waals surface area contributed by atoms with Crippen LogP contribution in [-0.2, 0) is 4.79 Å². The number of benzene rings is 2. The van der Waals surface area contributed by atoms with Crippen LogP contribution in [0.15, 0.2) is 54.6 Å². The van der Waals surface area contributed by atoms with Gasteiger partial charge in [-0.3, -0.25) is 4.79 Å². The van der Waals surface area contributed by atoms with Gasteiger partial charge in [-0.05, 0) is 50.0 Å². The fraction of sp³-hybridized carbons (Fsp3) is 0.381. The van der Waals surface area contributed by atoms with Crippen molar-refractivity contribution in [2.45, 2.75) is 25.8 Å². The number of piperidine rings is 1. The fourth-order valence-corrected chi connectivity index (χ4v) is 3.54. The molecule has 2 atom stereocenters. The SMILES string of the molecule is Cc1ccccc1[C@@H](NC(=O)[C@H]1CCCN(C)C1)c1ccccc1. The van der Waals surface area contributed by atoms with Crippen LogP contribution >= 0.6 is 0 Å². The van der Waals surface area contributed by atoms with Crippen LogP contribution in [0.25, 0.3) is 0 Å². The lowest BCUT2D eigenvalue weighted by Gasteiger charge is -2.30. The van der Waals surface area contributed by atoms with E-state index in [0.29, 0.717) is 0 Å². The first-order chi connectivity index (χ1) is 11.6. The highest BCUT2D eigenvalue weighted by molar-refractivity contribution is 5.80. The highest BCUT2D eigenvalue weighted by atomic mass is 16.2. The minimum atomic E-state index is -0.0906. The summed E-state index contributed by atoms with van der Waals surface area (Å²) in [6.07, 6.45) is 2.07. The fourth-order valence-electron chi connectivity index (χ4n) is 3.54. The number of nitrogens with zero attached hydrogens (tertiary/aromatic N) is 1. The molecule has 24 heavy (non-hydrogen) atoms. The second-order valence-electron chi connectivity index (χ2n) is 6.81. The summed E-state index contributed by atoms with van der Waals surface area (Å²) in [4.78, 5) is 15.1. The zero-order valence-electron chi connectivity index (χ0n) is 14.5. The molecule has 1 saturated heterocycles. The van der Waals surface area contributed by atoms with Gasteiger partial charge < -0.3 is 10.2 Å². The molecule has 1 aliphatic rings. The Morgan fingerprint density at radius 2 is 1.83 bits per heavy atom. The van der Waals surface area contributed by atoms with Crippen molar-refractivity contribution in [3.8, 4) is 0 Å². The van der Waals surface area contributed by atoms with E-state index in [4.69, 9.17) is 0 Å². The first-order valence-electron chi connectivity index (χ1n) is 8.74. The van der Waals surface area contributed by atoms with Crippen LogP contribution in [0.1, 0.15) is 35.6 Å². The predicted octanol–water partition coefficient (Wildman–Crippen LogP) is 3.54. The number of amides is 1. The Hall–Kier alpha value is -2.13. The smallest absolute Gasteiger partial charge is 0.225 e. The number of carbonyl (C=O) groups excluding carboxylic acids is 1. The molecule has 1 fully saturated rings. The van der Waals surface area contributed by atoms with Gasteiger partial charge in [0.05, 0.1) is 12.0 Å². The Labute approximate surface area is 144 Å². The third kappa shape index (κ3) is 3.85. The zero-order valence-corrected chi connectivity index (χ0v) is 14.5. The normalized spacial score (nSPS) is 19.7. The maximum absolute atomic E-state index is 12.9. The van der Waals surface area contributed by atoms with Crippen molar-refractivity contribution >= 4 is 5.91 Å². The van der Waals surface area contributed by atoms with Crippen molar-refractivity contribution in [1.82, 2.24) is 10.2 Å². The third-order valence-corrected chi connectivity index (χ3v) is 4.91. The van der Waals surface area contributed by atoms with Crippen LogP contribution in [0, 0.1) is 12.8 Å². The Bertz CT molecular complexity index is 683. The number of rotatable bonds is 4. The molecule has 3 nitrogen and oxygen atoms in total. The molecule has 2 aromatic carbocycles. The number of hydrogen-bond acceptors (Lipinski definition) is 2. The van der Waals surface area contributed by atoms with Gasteiger partial charge in [0.1, 0.15) is 0 Å². The lowest BCUT2D eigenvalue weighted by Crippen LogP contribution is -2.42. The topological polar surface area (TPSA) is 32.3 Å². The van der Waals surface area contributed by atoms with E-state index >= 15 is 0 Å². The summed E-state index contributed by atoms with van der Waals surface area (Å²) in [7, 11) is 2.09. The Balaban J connectivity index is 1.85. The minimum absolute atomic E-state index is 0.0824. The maximum atomic E-state index is 12.9. The molecule has 2 aromatic rings. The highest BCUT2D eigenvalue weighted by Crippen LogP contribution is 2.26. The summed E-state index contributed by atoms with van der Waals surface area (Å²) in [6, 6.07) is 18.4. The average Bonchev–Trinajstić information content (AvgIpc) is 2.61. The first kappa shape index (κ1) is 16.7. The molecule has 0 saturated carbocycles. The van der Waals surface area contributed by atoms with E-state index in [1.807, 2.05) is 30.3 Å². The largest absolute Gasteiger partial charge is 0.345 e. The summed E-state index contributed by atoms with van der Waals surface area (Å²) >= 11 is 0. The molecule has 1 N–H and O–H groups in total. The summed E-state index contributed by atoms with van der Waals surface area (Å²) in [5.74, 6) is 0.248. The van der Waals surface area contributed by atoms with Crippen LogP contribution in [0.4, 0.5) is 0 Å². The molecule has 1 amide bonds. The van der Waals surface area contributed by atoms with Crippen molar-refractivity contribution in [2.24, 2.45) is 5.92 Å². The minimum Gasteiger partial charge on any atom is -0.345 e. The van der Waals surface area contributed by atoms with Crippen LogP contribution in [0.2, 0.25) is 0 Å². The number of nitrogens with one attached hydrogen (secondary N) is 1.